The second-order valence-electron chi connectivity index (χ2n) is 6.23. The Morgan fingerprint density at radius 2 is 1.61 bits per heavy atom. The minimum Gasteiger partial charge on any atom is -0.493 e. The molecule has 3 rings (SSSR count). The number of hydrogen-bond donors (Lipinski definition) is 3. The van der Waals surface area contributed by atoms with E-state index in [9.17, 15) is 4.79 Å². The van der Waals surface area contributed by atoms with Gasteiger partial charge in [-0.2, -0.15) is 0 Å². The molecule has 10 heteroatoms. The average Bonchev–Trinajstić information content (AvgIpc) is 2.81. The molecule has 31 heavy (non-hydrogen) atoms. The fourth-order valence-electron chi connectivity index (χ4n) is 2.77. The summed E-state index contributed by atoms with van der Waals surface area (Å²) in [6.45, 7) is 0.846. The van der Waals surface area contributed by atoms with Gasteiger partial charge in [-0.1, -0.05) is 6.07 Å². The summed E-state index contributed by atoms with van der Waals surface area (Å²) in [5.74, 6) is 2.92. The van der Waals surface area contributed by atoms with Crippen molar-refractivity contribution in [2.45, 2.75) is 0 Å². The lowest BCUT2D eigenvalue weighted by molar-refractivity contribution is 0.0954. The minimum atomic E-state index is -0.263. The summed E-state index contributed by atoms with van der Waals surface area (Å²) in [5.41, 5.74) is 0.401. The van der Waals surface area contributed by atoms with Crippen LogP contribution in [0.15, 0.2) is 48.9 Å². The van der Waals surface area contributed by atoms with Gasteiger partial charge >= 0.3 is 0 Å². The maximum atomic E-state index is 12.5. The molecule has 0 bridgehead atoms. The molecule has 0 fully saturated rings. The Morgan fingerprint density at radius 1 is 0.871 bits per heavy atom. The Bertz CT molecular complexity index is 991. The van der Waals surface area contributed by atoms with Crippen LogP contribution in [0.1, 0.15) is 10.4 Å². The number of rotatable bonds is 10. The van der Waals surface area contributed by atoms with E-state index in [-0.39, 0.29) is 5.91 Å². The third kappa shape index (κ3) is 5.72. The molecule has 162 valence electrons. The zero-order valence-electron chi connectivity index (χ0n) is 17.5. The van der Waals surface area contributed by atoms with Crippen LogP contribution in [0.3, 0.4) is 0 Å². The van der Waals surface area contributed by atoms with Gasteiger partial charge in [-0.15, -0.1) is 0 Å². The number of anilines is 3. The highest BCUT2D eigenvalue weighted by Gasteiger charge is 2.16. The summed E-state index contributed by atoms with van der Waals surface area (Å²) < 4.78 is 15.8. The van der Waals surface area contributed by atoms with Gasteiger partial charge in [0.1, 0.15) is 23.8 Å². The third-order valence-electron chi connectivity index (χ3n) is 4.23. The summed E-state index contributed by atoms with van der Waals surface area (Å²) in [6.07, 6.45) is 3.14. The van der Waals surface area contributed by atoms with Crippen LogP contribution in [0.2, 0.25) is 0 Å². The molecule has 0 aliphatic rings. The van der Waals surface area contributed by atoms with E-state index in [2.05, 4.69) is 30.9 Å². The number of ether oxygens (including phenoxy) is 3. The van der Waals surface area contributed by atoms with E-state index in [4.69, 9.17) is 14.2 Å². The van der Waals surface area contributed by atoms with Crippen LogP contribution in [0.4, 0.5) is 17.5 Å². The van der Waals surface area contributed by atoms with Crippen molar-refractivity contribution in [3.05, 3.63) is 54.5 Å². The molecule has 2 heterocycles. The lowest BCUT2D eigenvalue weighted by Crippen LogP contribution is -2.29. The van der Waals surface area contributed by atoms with E-state index < -0.39 is 0 Å². The first-order valence-corrected chi connectivity index (χ1v) is 9.46. The number of methoxy groups -OCH3 is 3. The predicted molar refractivity (Wildman–Crippen MR) is 116 cm³/mol. The molecule has 0 radical (unpaired) electrons. The van der Waals surface area contributed by atoms with Crippen molar-refractivity contribution in [2.24, 2.45) is 0 Å². The normalized spacial score (nSPS) is 10.2. The lowest BCUT2D eigenvalue weighted by atomic mass is 10.1. The number of nitrogens with zero attached hydrogens (tertiary/aromatic N) is 3. The smallest absolute Gasteiger partial charge is 0.251 e. The number of aromatic nitrogens is 3. The first-order valence-electron chi connectivity index (χ1n) is 9.46. The molecule has 3 aromatic rings. The summed E-state index contributed by atoms with van der Waals surface area (Å²) in [5, 5.41) is 9.09. The van der Waals surface area contributed by atoms with Gasteiger partial charge in [0.2, 0.25) is 5.75 Å². The lowest BCUT2D eigenvalue weighted by Gasteiger charge is -2.14. The van der Waals surface area contributed by atoms with Crippen molar-refractivity contribution in [3.63, 3.8) is 0 Å². The van der Waals surface area contributed by atoms with Crippen LogP contribution in [-0.2, 0) is 0 Å². The Balaban J connectivity index is 1.54. The molecule has 10 nitrogen and oxygen atoms in total. The molecule has 0 unspecified atom stereocenters. The summed E-state index contributed by atoms with van der Waals surface area (Å²) in [4.78, 5) is 25.1. The Labute approximate surface area is 180 Å². The number of benzene rings is 1. The van der Waals surface area contributed by atoms with Crippen molar-refractivity contribution in [1.29, 1.82) is 0 Å². The van der Waals surface area contributed by atoms with Crippen LogP contribution in [0.25, 0.3) is 0 Å². The number of carbonyl (C=O) groups is 1. The number of pyridine rings is 1. The van der Waals surface area contributed by atoms with E-state index in [0.717, 1.165) is 0 Å². The molecule has 0 spiro atoms. The molecular weight excluding hydrogens is 400 g/mol. The maximum absolute atomic E-state index is 12.5. The maximum Gasteiger partial charge on any atom is 0.251 e. The molecular formula is C21H24N6O4. The standard InChI is InChI=1S/C21H24N6O4/c1-29-15-10-14(11-16(30-2)20(15)31-3)21(28)24-9-8-23-18-12-19(26-13-25-18)27-17-6-4-5-7-22-17/h4-7,10-13H,8-9H2,1-3H3,(H,24,28)(H2,22,23,25,26,27). The quantitative estimate of drug-likeness (QED) is 0.422. The number of hydrogen-bond acceptors (Lipinski definition) is 9. The van der Waals surface area contributed by atoms with Crippen LogP contribution in [0, 0.1) is 0 Å². The fraction of sp³-hybridized carbons (Fsp3) is 0.238. The van der Waals surface area contributed by atoms with E-state index in [0.29, 0.717) is 53.4 Å². The summed E-state index contributed by atoms with van der Waals surface area (Å²) in [6, 6.07) is 10.5. The first kappa shape index (κ1) is 21.6. The zero-order valence-corrected chi connectivity index (χ0v) is 17.5. The molecule has 1 aromatic carbocycles. The minimum absolute atomic E-state index is 0.263. The average molecular weight is 424 g/mol. The molecule has 1 amide bonds. The van der Waals surface area contributed by atoms with E-state index >= 15 is 0 Å². The van der Waals surface area contributed by atoms with Crippen molar-refractivity contribution in [3.8, 4) is 17.2 Å². The highest BCUT2D eigenvalue weighted by molar-refractivity contribution is 5.95. The van der Waals surface area contributed by atoms with E-state index in [1.807, 2.05) is 18.2 Å². The number of amides is 1. The molecule has 0 aliphatic heterocycles. The Morgan fingerprint density at radius 3 is 2.26 bits per heavy atom. The van der Waals surface area contributed by atoms with Gasteiger partial charge in [0.25, 0.3) is 5.91 Å². The van der Waals surface area contributed by atoms with E-state index in [1.54, 1.807) is 24.4 Å². The zero-order chi connectivity index (χ0) is 22.1. The van der Waals surface area contributed by atoms with Gasteiger partial charge in [0.05, 0.1) is 21.3 Å². The number of nitrogens with one attached hydrogen (secondary N) is 3. The van der Waals surface area contributed by atoms with E-state index in [1.165, 1.54) is 27.7 Å². The molecule has 0 saturated heterocycles. The molecule has 0 aliphatic carbocycles. The molecule has 3 N–H and O–H groups in total. The largest absolute Gasteiger partial charge is 0.493 e. The molecule has 0 atom stereocenters. The van der Waals surface area contributed by atoms with Crippen molar-refractivity contribution < 1.29 is 19.0 Å². The van der Waals surface area contributed by atoms with Crippen molar-refractivity contribution in [1.82, 2.24) is 20.3 Å². The van der Waals surface area contributed by atoms with Gasteiger partial charge in [-0.3, -0.25) is 4.79 Å². The second-order valence-corrected chi connectivity index (χ2v) is 6.23. The van der Waals surface area contributed by atoms with Crippen molar-refractivity contribution >= 4 is 23.4 Å². The Hall–Kier alpha value is -4.08. The molecule has 0 saturated carbocycles. The third-order valence-corrected chi connectivity index (χ3v) is 4.23. The Kier molecular flexibility index (Phi) is 7.41. The predicted octanol–water partition coefficient (Wildman–Crippen LogP) is 2.48. The molecule has 2 aromatic heterocycles. The van der Waals surface area contributed by atoms with Gasteiger partial charge in [-0.25, -0.2) is 15.0 Å². The van der Waals surface area contributed by atoms with Gasteiger partial charge in [0, 0.05) is 30.9 Å². The van der Waals surface area contributed by atoms with Gasteiger partial charge < -0.3 is 30.2 Å². The van der Waals surface area contributed by atoms with Gasteiger partial charge in [-0.05, 0) is 24.3 Å². The topological polar surface area (TPSA) is 120 Å². The van der Waals surface area contributed by atoms with Crippen LogP contribution >= 0.6 is 0 Å². The SMILES string of the molecule is COc1cc(C(=O)NCCNc2cc(Nc3ccccn3)ncn2)cc(OC)c1OC. The fourth-order valence-corrected chi connectivity index (χ4v) is 2.77. The first-order chi connectivity index (χ1) is 15.1. The van der Waals surface area contributed by atoms with Crippen LogP contribution in [0.5, 0.6) is 17.2 Å². The monoisotopic (exact) mass is 424 g/mol. The number of carbonyl (C=O) groups excluding carboxylic acids is 1. The highest BCUT2D eigenvalue weighted by atomic mass is 16.5. The summed E-state index contributed by atoms with van der Waals surface area (Å²) in [7, 11) is 4.51. The van der Waals surface area contributed by atoms with Crippen LogP contribution in [-0.4, -0.2) is 55.3 Å². The van der Waals surface area contributed by atoms with Crippen LogP contribution < -0.4 is 30.2 Å². The summed E-state index contributed by atoms with van der Waals surface area (Å²) >= 11 is 0. The van der Waals surface area contributed by atoms with Crippen molar-refractivity contribution in [2.75, 3.05) is 45.1 Å². The highest BCUT2D eigenvalue weighted by Crippen LogP contribution is 2.38. The van der Waals surface area contributed by atoms with Gasteiger partial charge in [0.15, 0.2) is 11.5 Å². The second kappa shape index (κ2) is 10.6.